The van der Waals surface area contributed by atoms with Crippen LogP contribution in [-0.2, 0) is 13.0 Å². The van der Waals surface area contributed by atoms with Crippen LogP contribution in [-0.4, -0.2) is 31.1 Å². The predicted molar refractivity (Wildman–Crippen MR) is 89.9 cm³/mol. The van der Waals surface area contributed by atoms with Crippen molar-refractivity contribution in [3.63, 3.8) is 0 Å². The van der Waals surface area contributed by atoms with Gasteiger partial charge in [0.1, 0.15) is 12.4 Å². The summed E-state index contributed by atoms with van der Waals surface area (Å²) in [5.74, 6) is 0.909. The molecular weight excluding hydrogens is 280 g/mol. The van der Waals surface area contributed by atoms with Gasteiger partial charge in [-0.05, 0) is 49.5 Å². The van der Waals surface area contributed by atoms with Crippen LogP contribution in [0.1, 0.15) is 17.4 Å². The molecule has 114 valence electrons. The molecule has 0 fully saturated rings. The zero-order valence-corrected chi connectivity index (χ0v) is 13.6. The zero-order chi connectivity index (χ0) is 15.1. The number of hydrogen-bond acceptors (Lipinski definition) is 4. The molecule has 0 saturated heterocycles. The monoisotopic (exact) mass is 304 g/mol. The molecule has 0 aliphatic carbocycles. The number of hydrogen-bond donors (Lipinski definition) is 1. The first-order valence-corrected chi connectivity index (χ1v) is 8.21. The second-order valence-electron chi connectivity index (χ2n) is 5.31. The van der Waals surface area contributed by atoms with Crippen LogP contribution < -0.4 is 10.5 Å². The second kappa shape index (κ2) is 8.17. The number of likely N-dealkylation sites (N-methyl/N-ethyl adjacent to an activating group) is 1. The van der Waals surface area contributed by atoms with Crippen molar-refractivity contribution in [3.8, 4) is 5.75 Å². The summed E-state index contributed by atoms with van der Waals surface area (Å²) in [6.45, 7) is 4.46. The standard InChI is InChI=1S/C17H24N2OS/c1-14(12-17-4-3-11-21-17)19(2)9-10-20-16-7-5-15(13-18)6-8-16/h3-8,11,14H,9-10,12-13,18H2,1-2H3. The van der Waals surface area contributed by atoms with Crippen molar-refractivity contribution in [1.82, 2.24) is 4.90 Å². The van der Waals surface area contributed by atoms with Gasteiger partial charge in [0.05, 0.1) is 0 Å². The average Bonchev–Trinajstić information content (AvgIpc) is 3.00. The number of rotatable bonds is 8. The number of thiophene rings is 1. The predicted octanol–water partition coefficient (Wildman–Crippen LogP) is 3.15. The summed E-state index contributed by atoms with van der Waals surface area (Å²) in [6, 6.07) is 12.8. The third kappa shape index (κ3) is 5.16. The van der Waals surface area contributed by atoms with Crippen LogP contribution in [0.2, 0.25) is 0 Å². The van der Waals surface area contributed by atoms with E-state index in [0.29, 0.717) is 19.2 Å². The fraction of sp³-hybridized carbons (Fsp3) is 0.412. The van der Waals surface area contributed by atoms with E-state index in [-0.39, 0.29) is 0 Å². The van der Waals surface area contributed by atoms with E-state index in [9.17, 15) is 0 Å². The van der Waals surface area contributed by atoms with Crippen molar-refractivity contribution in [1.29, 1.82) is 0 Å². The van der Waals surface area contributed by atoms with Gasteiger partial charge in [0, 0.05) is 24.0 Å². The number of nitrogens with two attached hydrogens (primary N) is 1. The Labute approximate surface area is 131 Å². The molecule has 1 heterocycles. The van der Waals surface area contributed by atoms with Crippen LogP contribution in [0.15, 0.2) is 41.8 Å². The normalized spacial score (nSPS) is 12.6. The highest BCUT2D eigenvalue weighted by Gasteiger charge is 2.10. The minimum absolute atomic E-state index is 0.520. The molecule has 1 aromatic carbocycles. The highest BCUT2D eigenvalue weighted by atomic mass is 32.1. The van der Waals surface area contributed by atoms with Crippen molar-refractivity contribution in [2.75, 3.05) is 20.2 Å². The van der Waals surface area contributed by atoms with Crippen molar-refractivity contribution in [3.05, 3.63) is 52.2 Å². The summed E-state index contributed by atoms with van der Waals surface area (Å²) in [5, 5.41) is 2.14. The van der Waals surface area contributed by atoms with Crippen LogP contribution >= 0.6 is 11.3 Å². The minimum Gasteiger partial charge on any atom is -0.492 e. The lowest BCUT2D eigenvalue weighted by molar-refractivity contribution is 0.199. The molecule has 2 aromatic rings. The van der Waals surface area contributed by atoms with Crippen LogP contribution in [0.3, 0.4) is 0 Å². The third-order valence-electron chi connectivity index (χ3n) is 3.70. The molecule has 1 unspecified atom stereocenters. The summed E-state index contributed by atoms with van der Waals surface area (Å²) < 4.78 is 5.78. The number of benzene rings is 1. The third-order valence-corrected chi connectivity index (χ3v) is 4.60. The lowest BCUT2D eigenvalue weighted by Gasteiger charge is -2.24. The highest BCUT2D eigenvalue weighted by molar-refractivity contribution is 7.09. The van der Waals surface area contributed by atoms with Gasteiger partial charge in [-0.2, -0.15) is 0 Å². The Morgan fingerprint density at radius 2 is 2.00 bits per heavy atom. The van der Waals surface area contributed by atoms with Gasteiger partial charge in [-0.25, -0.2) is 0 Å². The Hall–Kier alpha value is -1.36. The lowest BCUT2D eigenvalue weighted by Crippen LogP contribution is -2.34. The SMILES string of the molecule is CC(Cc1cccs1)N(C)CCOc1ccc(CN)cc1. The van der Waals surface area contributed by atoms with E-state index in [1.54, 1.807) is 0 Å². The maximum Gasteiger partial charge on any atom is 0.119 e. The second-order valence-corrected chi connectivity index (χ2v) is 6.34. The maximum absolute atomic E-state index is 5.78. The Morgan fingerprint density at radius 1 is 1.24 bits per heavy atom. The molecule has 21 heavy (non-hydrogen) atoms. The average molecular weight is 304 g/mol. The Bertz CT molecular complexity index is 510. The number of ether oxygens (including phenoxy) is 1. The molecule has 0 aliphatic rings. The molecule has 0 aliphatic heterocycles. The molecule has 0 spiro atoms. The smallest absolute Gasteiger partial charge is 0.119 e. The van der Waals surface area contributed by atoms with E-state index in [0.717, 1.165) is 24.3 Å². The van der Waals surface area contributed by atoms with Gasteiger partial charge in [-0.15, -0.1) is 11.3 Å². The quantitative estimate of drug-likeness (QED) is 0.814. The molecule has 0 amide bonds. The Balaban J connectivity index is 1.71. The van der Waals surface area contributed by atoms with Gasteiger partial charge >= 0.3 is 0 Å². The van der Waals surface area contributed by atoms with Crippen LogP contribution in [0.5, 0.6) is 5.75 Å². The summed E-state index contributed by atoms with van der Waals surface area (Å²) in [5.41, 5.74) is 6.71. The maximum atomic E-state index is 5.78. The van der Waals surface area contributed by atoms with Gasteiger partial charge in [-0.3, -0.25) is 4.90 Å². The highest BCUT2D eigenvalue weighted by Crippen LogP contribution is 2.14. The van der Waals surface area contributed by atoms with Crippen LogP contribution in [0, 0.1) is 0 Å². The molecular formula is C17H24N2OS. The summed E-state index contributed by atoms with van der Waals surface area (Å²) in [4.78, 5) is 3.78. The van der Waals surface area contributed by atoms with Gasteiger partial charge in [0.15, 0.2) is 0 Å². The van der Waals surface area contributed by atoms with Crippen molar-refractivity contribution < 1.29 is 4.74 Å². The molecule has 2 N–H and O–H groups in total. The van der Waals surface area contributed by atoms with Crippen molar-refractivity contribution in [2.24, 2.45) is 5.73 Å². The molecule has 0 radical (unpaired) electrons. The van der Waals surface area contributed by atoms with Crippen LogP contribution in [0.25, 0.3) is 0 Å². The van der Waals surface area contributed by atoms with Crippen molar-refractivity contribution in [2.45, 2.75) is 25.9 Å². The van der Waals surface area contributed by atoms with Gasteiger partial charge in [-0.1, -0.05) is 18.2 Å². The molecule has 4 heteroatoms. The molecule has 1 atom stereocenters. The summed E-state index contributed by atoms with van der Waals surface area (Å²) in [6.07, 6.45) is 1.10. The van der Waals surface area contributed by atoms with Crippen LogP contribution in [0.4, 0.5) is 0 Å². The first kappa shape index (κ1) is 16.0. The van der Waals surface area contributed by atoms with E-state index in [4.69, 9.17) is 10.5 Å². The lowest BCUT2D eigenvalue weighted by atomic mass is 10.2. The fourth-order valence-electron chi connectivity index (χ4n) is 2.13. The Morgan fingerprint density at radius 3 is 2.62 bits per heavy atom. The van der Waals surface area contributed by atoms with E-state index in [2.05, 4.69) is 36.4 Å². The largest absolute Gasteiger partial charge is 0.492 e. The number of nitrogens with zero attached hydrogens (tertiary/aromatic N) is 1. The van der Waals surface area contributed by atoms with E-state index >= 15 is 0 Å². The fourth-order valence-corrected chi connectivity index (χ4v) is 2.95. The van der Waals surface area contributed by atoms with Gasteiger partial charge in [0.25, 0.3) is 0 Å². The van der Waals surface area contributed by atoms with Crippen molar-refractivity contribution >= 4 is 11.3 Å². The molecule has 0 bridgehead atoms. The minimum atomic E-state index is 0.520. The van der Waals surface area contributed by atoms with E-state index in [1.165, 1.54) is 4.88 Å². The van der Waals surface area contributed by atoms with Gasteiger partial charge in [0.2, 0.25) is 0 Å². The van der Waals surface area contributed by atoms with E-state index in [1.807, 2.05) is 35.6 Å². The first-order chi connectivity index (χ1) is 10.2. The first-order valence-electron chi connectivity index (χ1n) is 7.33. The topological polar surface area (TPSA) is 38.5 Å². The molecule has 1 aromatic heterocycles. The Kier molecular flexibility index (Phi) is 6.23. The molecule has 2 rings (SSSR count). The molecule has 3 nitrogen and oxygen atoms in total. The van der Waals surface area contributed by atoms with Gasteiger partial charge < -0.3 is 10.5 Å². The zero-order valence-electron chi connectivity index (χ0n) is 12.8. The summed E-state index contributed by atoms with van der Waals surface area (Å²) in [7, 11) is 2.15. The molecule has 0 saturated carbocycles. The van der Waals surface area contributed by atoms with E-state index < -0.39 is 0 Å². The summed E-state index contributed by atoms with van der Waals surface area (Å²) >= 11 is 1.82.